The molecule has 4 aliphatic rings. The number of allylic oxidation sites excluding steroid dienone is 5. The van der Waals surface area contributed by atoms with Crippen LogP contribution >= 0.6 is 0 Å². The molecule has 0 aliphatic heterocycles. The fourth-order valence-electron chi connectivity index (χ4n) is 5.04. The van der Waals surface area contributed by atoms with Crippen LogP contribution in [0, 0.1) is 23.2 Å². The number of fused-ring (bicyclic) bond motifs is 3. The molecule has 4 rings (SSSR count). The minimum Gasteiger partial charge on any atom is -0.426 e. The minimum atomic E-state index is -0.162. The average molecular weight is 312 g/mol. The Bertz CT molecular complexity index is 609. The lowest BCUT2D eigenvalue weighted by Gasteiger charge is -2.27. The molecule has 0 heterocycles. The molecule has 0 saturated heterocycles. The molecule has 3 saturated carbocycles. The van der Waals surface area contributed by atoms with Gasteiger partial charge in [-0.3, -0.25) is 4.79 Å². The Morgan fingerprint density at radius 1 is 1.26 bits per heavy atom. The van der Waals surface area contributed by atoms with E-state index in [1.54, 1.807) is 0 Å². The van der Waals surface area contributed by atoms with Gasteiger partial charge in [-0.05, 0) is 93.8 Å². The fraction of sp³-hybridized carbons (Fsp3) is 0.667. The van der Waals surface area contributed by atoms with Crippen LogP contribution in [-0.4, -0.2) is 5.97 Å². The van der Waals surface area contributed by atoms with E-state index < -0.39 is 0 Å². The molecule has 2 bridgehead atoms. The van der Waals surface area contributed by atoms with Gasteiger partial charge in [0.15, 0.2) is 0 Å². The van der Waals surface area contributed by atoms with Crippen LogP contribution in [0.3, 0.4) is 0 Å². The summed E-state index contributed by atoms with van der Waals surface area (Å²) in [6.07, 6.45) is 15.3. The first kappa shape index (κ1) is 15.2. The third-order valence-electron chi connectivity index (χ3n) is 6.76. The Labute approximate surface area is 139 Å². The van der Waals surface area contributed by atoms with Crippen LogP contribution in [0.15, 0.2) is 35.1 Å². The molecule has 4 unspecified atom stereocenters. The zero-order chi connectivity index (χ0) is 16.0. The highest BCUT2D eigenvalue weighted by Gasteiger charge is 2.56. The van der Waals surface area contributed by atoms with Gasteiger partial charge < -0.3 is 4.74 Å². The summed E-state index contributed by atoms with van der Waals surface area (Å²) in [5.74, 6) is 3.33. The van der Waals surface area contributed by atoms with E-state index >= 15 is 0 Å². The molecule has 0 spiro atoms. The number of rotatable bonds is 3. The first-order valence-corrected chi connectivity index (χ1v) is 9.39. The number of carbonyl (C=O) groups is 1. The standard InChI is InChI=1S/C21H28O2/c1-3-14(2)16-4-6-19(7-5-16)23-20(22)21-9-8-15(12-21)10-17-11-18(17)13-21/h4,6-7,15,17-18H,3,5,8-13H2,1-2H3. The Morgan fingerprint density at radius 3 is 2.87 bits per heavy atom. The quantitative estimate of drug-likeness (QED) is 0.660. The second kappa shape index (κ2) is 5.65. The topological polar surface area (TPSA) is 26.3 Å². The van der Waals surface area contributed by atoms with Crippen molar-refractivity contribution in [2.75, 3.05) is 0 Å². The maximum Gasteiger partial charge on any atom is 0.317 e. The van der Waals surface area contributed by atoms with E-state index in [0.717, 1.165) is 55.6 Å². The molecule has 0 aromatic heterocycles. The Hall–Kier alpha value is -1.31. The highest BCUT2D eigenvalue weighted by atomic mass is 16.5. The van der Waals surface area contributed by atoms with Crippen LogP contribution in [0.5, 0.6) is 0 Å². The maximum absolute atomic E-state index is 12.9. The largest absolute Gasteiger partial charge is 0.426 e. The molecular weight excluding hydrogens is 284 g/mol. The number of carbonyl (C=O) groups excluding carboxylic acids is 1. The Kier molecular flexibility index (Phi) is 3.74. The molecule has 2 nitrogen and oxygen atoms in total. The third-order valence-corrected chi connectivity index (χ3v) is 6.76. The monoisotopic (exact) mass is 312 g/mol. The van der Waals surface area contributed by atoms with E-state index in [9.17, 15) is 4.79 Å². The second-order valence-electron chi connectivity index (χ2n) is 8.28. The van der Waals surface area contributed by atoms with Crippen molar-refractivity contribution >= 4 is 5.97 Å². The minimum absolute atomic E-state index is 0.0584. The normalized spacial score (nSPS) is 40.1. The van der Waals surface area contributed by atoms with Gasteiger partial charge in [-0.1, -0.05) is 18.6 Å². The molecule has 0 radical (unpaired) electrons. The lowest BCUT2D eigenvalue weighted by Crippen LogP contribution is -2.30. The molecule has 0 N–H and O–H groups in total. The lowest BCUT2D eigenvalue weighted by molar-refractivity contribution is -0.151. The van der Waals surface area contributed by atoms with E-state index in [4.69, 9.17) is 4.74 Å². The van der Waals surface area contributed by atoms with Crippen LogP contribution < -0.4 is 0 Å². The van der Waals surface area contributed by atoms with Gasteiger partial charge in [-0.2, -0.15) is 0 Å². The van der Waals surface area contributed by atoms with E-state index in [-0.39, 0.29) is 11.4 Å². The molecule has 0 amide bonds. The fourth-order valence-corrected chi connectivity index (χ4v) is 5.04. The van der Waals surface area contributed by atoms with Gasteiger partial charge in [-0.15, -0.1) is 0 Å². The summed E-state index contributed by atoms with van der Waals surface area (Å²) in [6, 6.07) is 0. The molecule has 4 aliphatic carbocycles. The summed E-state index contributed by atoms with van der Waals surface area (Å²) in [4.78, 5) is 12.9. The van der Waals surface area contributed by atoms with Gasteiger partial charge in [0.05, 0.1) is 5.41 Å². The summed E-state index contributed by atoms with van der Waals surface area (Å²) in [6.45, 7) is 4.36. The summed E-state index contributed by atoms with van der Waals surface area (Å²) in [5, 5.41) is 0. The van der Waals surface area contributed by atoms with Crippen LogP contribution in [0.1, 0.15) is 65.2 Å². The van der Waals surface area contributed by atoms with E-state index in [0.29, 0.717) is 0 Å². The zero-order valence-electron chi connectivity index (χ0n) is 14.4. The van der Waals surface area contributed by atoms with Gasteiger partial charge in [0.25, 0.3) is 0 Å². The average Bonchev–Trinajstić information content (AvgIpc) is 3.13. The highest BCUT2D eigenvalue weighted by molar-refractivity contribution is 5.79. The summed E-state index contributed by atoms with van der Waals surface area (Å²) < 4.78 is 5.85. The molecular formula is C21H28O2. The molecule has 23 heavy (non-hydrogen) atoms. The SMILES string of the molecule is CCC(C)=C1C=CC(OC(=O)C23CCC(CC4CC4C2)C3)=CC1. The highest BCUT2D eigenvalue weighted by Crippen LogP contribution is 2.61. The van der Waals surface area contributed by atoms with Crippen molar-refractivity contribution in [1.29, 1.82) is 0 Å². The van der Waals surface area contributed by atoms with Gasteiger partial charge in [0.2, 0.25) is 0 Å². The van der Waals surface area contributed by atoms with Crippen LogP contribution in [0.4, 0.5) is 0 Å². The van der Waals surface area contributed by atoms with Gasteiger partial charge in [-0.25, -0.2) is 0 Å². The molecule has 2 heteroatoms. The summed E-state index contributed by atoms with van der Waals surface area (Å²) >= 11 is 0. The molecule has 0 aromatic carbocycles. The number of hydrogen-bond donors (Lipinski definition) is 0. The third kappa shape index (κ3) is 2.81. The first-order chi connectivity index (χ1) is 11.1. The van der Waals surface area contributed by atoms with Gasteiger partial charge in [0.1, 0.15) is 5.76 Å². The van der Waals surface area contributed by atoms with Crippen molar-refractivity contribution in [2.24, 2.45) is 23.2 Å². The van der Waals surface area contributed by atoms with Crippen molar-refractivity contribution in [2.45, 2.75) is 65.2 Å². The second-order valence-corrected chi connectivity index (χ2v) is 8.28. The molecule has 4 atom stereocenters. The summed E-state index contributed by atoms with van der Waals surface area (Å²) in [5.41, 5.74) is 2.62. The summed E-state index contributed by atoms with van der Waals surface area (Å²) in [7, 11) is 0. The molecule has 0 aromatic rings. The lowest BCUT2D eigenvalue weighted by atomic mass is 9.81. The van der Waals surface area contributed by atoms with Crippen molar-refractivity contribution in [3.8, 4) is 0 Å². The molecule has 124 valence electrons. The predicted octanol–water partition coefficient (Wildman–Crippen LogP) is 5.32. The van der Waals surface area contributed by atoms with Crippen LogP contribution in [-0.2, 0) is 9.53 Å². The molecule has 3 fully saturated rings. The predicted molar refractivity (Wildman–Crippen MR) is 91.5 cm³/mol. The maximum atomic E-state index is 12.9. The van der Waals surface area contributed by atoms with Crippen LogP contribution in [0.2, 0.25) is 0 Å². The van der Waals surface area contributed by atoms with E-state index in [1.165, 1.54) is 30.4 Å². The number of ether oxygens (including phenoxy) is 1. The smallest absolute Gasteiger partial charge is 0.317 e. The Balaban J connectivity index is 1.44. The van der Waals surface area contributed by atoms with Crippen molar-refractivity contribution in [3.63, 3.8) is 0 Å². The van der Waals surface area contributed by atoms with Crippen LogP contribution in [0.25, 0.3) is 0 Å². The van der Waals surface area contributed by atoms with Gasteiger partial charge >= 0.3 is 5.97 Å². The van der Waals surface area contributed by atoms with Gasteiger partial charge in [0, 0.05) is 0 Å². The van der Waals surface area contributed by atoms with Crippen molar-refractivity contribution in [3.05, 3.63) is 35.1 Å². The first-order valence-electron chi connectivity index (χ1n) is 9.39. The van der Waals surface area contributed by atoms with Crippen molar-refractivity contribution in [1.82, 2.24) is 0 Å². The van der Waals surface area contributed by atoms with E-state index in [1.807, 2.05) is 6.08 Å². The zero-order valence-corrected chi connectivity index (χ0v) is 14.4. The van der Waals surface area contributed by atoms with Crippen molar-refractivity contribution < 1.29 is 9.53 Å². The Morgan fingerprint density at radius 2 is 2.13 bits per heavy atom. The number of hydrogen-bond acceptors (Lipinski definition) is 2. The number of esters is 1. The van der Waals surface area contributed by atoms with E-state index in [2.05, 4.69) is 26.0 Å².